The predicted octanol–water partition coefficient (Wildman–Crippen LogP) is 2.39. The average molecular weight is 303 g/mol. The van der Waals surface area contributed by atoms with Gasteiger partial charge in [0.1, 0.15) is 6.04 Å². The number of rotatable bonds is 2. The number of nitrogens with zero attached hydrogens (tertiary/aromatic N) is 2. The summed E-state index contributed by atoms with van der Waals surface area (Å²) in [5, 5.41) is 9.59. The van der Waals surface area contributed by atoms with Crippen molar-refractivity contribution in [2.75, 3.05) is 4.90 Å². The maximum Gasteiger partial charge on any atom is 0.327 e. The summed E-state index contributed by atoms with van der Waals surface area (Å²) < 4.78 is 0. The zero-order valence-electron chi connectivity index (χ0n) is 10.9. The Hall–Kier alpha value is -2.40. The molecule has 106 valence electrons. The van der Waals surface area contributed by atoms with Gasteiger partial charge in [0.25, 0.3) is 5.91 Å². The van der Waals surface area contributed by atoms with Gasteiger partial charge in [0, 0.05) is 24.5 Å². The summed E-state index contributed by atoms with van der Waals surface area (Å²) in [5.74, 6) is -1.47. The molecule has 0 bridgehead atoms. The Balaban J connectivity index is 2.08. The van der Waals surface area contributed by atoms with Crippen molar-refractivity contribution in [1.29, 1.82) is 0 Å². The highest BCUT2D eigenvalue weighted by molar-refractivity contribution is 6.34. The van der Waals surface area contributed by atoms with Crippen LogP contribution in [0.5, 0.6) is 0 Å². The summed E-state index contributed by atoms with van der Waals surface area (Å²) in [4.78, 5) is 29.3. The number of carbonyl (C=O) groups is 2. The molecule has 0 saturated carbocycles. The minimum atomic E-state index is -1.04. The molecular weight excluding hydrogens is 292 g/mol. The minimum Gasteiger partial charge on any atom is -0.480 e. The van der Waals surface area contributed by atoms with E-state index in [2.05, 4.69) is 4.98 Å². The molecule has 2 aromatic rings. The molecule has 1 aliphatic rings. The predicted molar refractivity (Wildman–Crippen MR) is 77.6 cm³/mol. The van der Waals surface area contributed by atoms with Crippen molar-refractivity contribution in [2.24, 2.45) is 0 Å². The Morgan fingerprint density at radius 1 is 1.29 bits per heavy atom. The lowest BCUT2D eigenvalue weighted by atomic mass is 10.1. The van der Waals surface area contributed by atoms with Crippen LogP contribution in [0.25, 0.3) is 0 Å². The topological polar surface area (TPSA) is 70.5 Å². The van der Waals surface area contributed by atoms with Gasteiger partial charge in [0.15, 0.2) is 0 Å². The number of benzene rings is 1. The van der Waals surface area contributed by atoms with Crippen LogP contribution in [0.1, 0.15) is 15.9 Å². The number of fused-ring (bicyclic) bond motifs is 1. The molecule has 1 aliphatic heterocycles. The Labute approximate surface area is 125 Å². The Morgan fingerprint density at radius 3 is 2.76 bits per heavy atom. The molecule has 3 rings (SSSR count). The first-order valence-electron chi connectivity index (χ1n) is 6.33. The summed E-state index contributed by atoms with van der Waals surface area (Å²) in [5.41, 5.74) is 1.70. The number of carbonyl (C=O) groups excluding carboxylic acids is 1. The van der Waals surface area contributed by atoms with E-state index in [1.54, 1.807) is 12.1 Å². The van der Waals surface area contributed by atoms with Crippen LogP contribution in [-0.4, -0.2) is 28.0 Å². The first-order valence-corrected chi connectivity index (χ1v) is 6.71. The van der Waals surface area contributed by atoms with Crippen molar-refractivity contribution in [1.82, 2.24) is 4.98 Å². The number of halogens is 1. The zero-order chi connectivity index (χ0) is 15.0. The van der Waals surface area contributed by atoms with Gasteiger partial charge in [-0.05, 0) is 17.7 Å². The highest BCUT2D eigenvalue weighted by Crippen LogP contribution is 2.34. The molecule has 1 aromatic carbocycles. The summed E-state index contributed by atoms with van der Waals surface area (Å²) in [6, 6.07) is 7.74. The number of para-hydroxylation sites is 1. The SMILES string of the molecule is O=C(O)[C@@H]1Cc2ccccc2N1C(=O)c1ccncc1Cl. The summed E-state index contributed by atoms with van der Waals surface area (Å²) >= 11 is 5.99. The molecule has 1 atom stereocenters. The molecule has 0 radical (unpaired) electrons. The summed E-state index contributed by atoms with van der Waals surface area (Å²) in [7, 11) is 0. The van der Waals surface area contributed by atoms with Gasteiger partial charge in [-0.3, -0.25) is 14.7 Å². The minimum absolute atomic E-state index is 0.205. The van der Waals surface area contributed by atoms with Gasteiger partial charge in [0.2, 0.25) is 0 Å². The van der Waals surface area contributed by atoms with E-state index in [-0.39, 0.29) is 10.6 Å². The van der Waals surface area contributed by atoms with Crippen molar-refractivity contribution in [2.45, 2.75) is 12.5 Å². The van der Waals surface area contributed by atoms with E-state index < -0.39 is 17.9 Å². The van der Waals surface area contributed by atoms with E-state index >= 15 is 0 Å². The lowest BCUT2D eigenvalue weighted by molar-refractivity contribution is -0.138. The van der Waals surface area contributed by atoms with E-state index in [1.165, 1.54) is 23.4 Å². The van der Waals surface area contributed by atoms with Gasteiger partial charge in [-0.15, -0.1) is 0 Å². The first kappa shape index (κ1) is 13.6. The molecule has 0 aliphatic carbocycles. The van der Waals surface area contributed by atoms with Crippen LogP contribution in [0, 0.1) is 0 Å². The Kier molecular flexibility index (Phi) is 3.35. The Morgan fingerprint density at radius 2 is 2.05 bits per heavy atom. The normalized spacial score (nSPS) is 16.6. The number of anilines is 1. The van der Waals surface area contributed by atoms with Crippen LogP contribution in [0.4, 0.5) is 5.69 Å². The fourth-order valence-corrected chi connectivity index (χ4v) is 2.71. The maximum absolute atomic E-state index is 12.7. The third-order valence-corrected chi connectivity index (χ3v) is 3.78. The van der Waals surface area contributed by atoms with Gasteiger partial charge in [-0.25, -0.2) is 4.79 Å². The van der Waals surface area contributed by atoms with Gasteiger partial charge >= 0.3 is 5.97 Å². The second-order valence-corrected chi connectivity index (χ2v) is 5.12. The molecule has 2 heterocycles. The van der Waals surface area contributed by atoms with Gasteiger partial charge in [-0.1, -0.05) is 29.8 Å². The van der Waals surface area contributed by atoms with Gasteiger partial charge in [-0.2, -0.15) is 0 Å². The van der Waals surface area contributed by atoms with E-state index in [0.29, 0.717) is 12.1 Å². The monoisotopic (exact) mass is 302 g/mol. The highest BCUT2D eigenvalue weighted by Gasteiger charge is 2.39. The maximum atomic E-state index is 12.7. The largest absolute Gasteiger partial charge is 0.480 e. The lowest BCUT2D eigenvalue weighted by Crippen LogP contribution is -2.43. The second kappa shape index (κ2) is 5.18. The molecule has 5 nitrogen and oxygen atoms in total. The number of amides is 1. The lowest BCUT2D eigenvalue weighted by Gasteiger charge is -2.23. The molecule has 6 heteroatoms. The van der Waals surface area contributed by atoms with Crippen LogP contribution in [0.3, 0.4) is 0 Å². The summed E-state index contributed by atoms with van der Waals surface area (Å²) in [6.07, 6.45) is 3.11. The van der Waals surface area contributed by atoms with Crippen molar-refractivity contribution < 1.29 is 14.7 Å². The smallest absolute Gasteiger partial charge is 0.327 e. The molecule has 1 N–H and O–H groups in total. The van der Waals surface area contributed by atoms with E-state index in [1.807, 2.05) is 12.1 Å². The third-order valence-electron chi connectivity index (χ3n) is 3.48. The van der Waals surface area contributed by atoms with E-state index in [9.17, 15) is 14.7 Å². The molecule has 1 amide bonds. The van der Waals surface area contributed by atoms with Crippen molar-refractivity contribution >= 4 is 29.2 Å². The second-order valence-electron chi connectivity index (χ2n) is 4.72. The number of aromatic nitrogens is 1. The first-order chi connectivity index (χ1) is 10.1. The molecule has 1 aromatic heterocycles. The van der Waals surface area contributed by atoms with Gasteiger partial charge < -0.3 is 5.11 Å². The Bertz CT molecular complexity index is 732. The van der Waals surface area contributed by atoms with Crippen molar-refractivity contribution in [3.63, 3.8) is 0 Å². The number of aliphatic carboxylic acids is 1. The quantitative estimate of drug-likeness (QED) is 0.924. The van der Waals surface area contributed by atoms with Crippen LogP contribution in [-0.2, 0) is 11.2 Å². The standard InChI is InChI=1S/C15H11ClN2O3/c16-11-8-17-6-5-10(11)14(19)18-12-4-2-1-3-9(12)7-13(18)15(20)21/h1-6,8,13H,7H2,(H,20,21)/t13-/m0/s1. The zero-order valence-corrected chi connectivity index (χ0v) is 11.6. The van der Waals surface area contributed by atoms with Crippen LogP contribution >= 0.6 is 11.6 Å². The molecule has 0 fully saturated rings. The van der Waals surface area contributed by atoms with Crippen molar-refractivity contribution in [3.05, 3.63) is 58.9 Å². The number of carboxylic acids is 1. The number of hydrogen-bond donors (Lipinski definition) is 1. The molecule has 0 spiro atoms. The molecular formula is C15H11ClN2O3. The molecule has 0 unspecified atom stereocenters. The molecule has 21 heavy (non-hydrogen) atoms. The third kappa shape index (κ3) is 2.25. The number of pyridine rings is 1. The van der Waals surface area contributed by atoms with Crippen molar-refractivity contribution in [3.8, 4) is 0 Å². The van der Waals surface area contributed by atoms with E-state index in [4.69, 9.17) is 11.6 Å². The number of hydrogen-bond acceptors (Lipinski definition) is 3. The fraction of sp³-hybridized carbons (Fsp3) is 0.133. The highest BCUT2D eigenvalue weighted by atomic mass is 35.5. The van der Waals surface area contributed by atoms with E-state index in [0.717, 1.165) is 5.56 Å². The van der Waals surface area contributed by atoms with Gasteiger partial charge in [0.05, 0.1) is 10.6 Å². The van der Waals surface area contributed by atoms with Crippen LogP contribution < -0.4 is 4.90 Å². The number of carboxylic acid groups (broad SMARTS) is 1. The average Bonchev–Trinajstić information content (AvgIpc) is 2.86. The van der Waals surface area contributed by atoms with Crippen LogP contribution in [0.2, 0.25) is 5.02 Å². The molecule has 0 saturated heterocycles. The fourth-order valence-electron chi connectivity index (χ4n) is 2.51. The summed E-state index contributed by atoms with van der Waals surface area (Å²) in [6.45, 7) is 0. The van der Waals surface area contributed by atoms with Crippen LogP contribution in [0.15, 0.2) is 42.7 Å².